The summed E-state index contributed by atoms with van der Waals surface area (Å²) < 4.78 is 4.97. The molecule has 0 spiro atoms. The van der Waals surface area contributed by atoms with Crippen molar-refractivity contribution in [1.29, 1.82) is 0 Å². The van der Waals surface area contributed by atoms with E-state index in [1.54, 1.807) is 30.3 Å². The van der Waals surface area contributed by atoms with E-state index in [2.05, 4.69) is 0 Å². The van der Waals surface area contributed by atoms with E-state index in [1.807, 2.05) is 0 Å². The van der Waals surface area contributed by atoms with Gasteiger partial charge in [0.2, 0.25) is 11.8 Å². The molecule has 0 unspecified atom stereocenters. The zero-order valence-electron chi connectivity index (χ0n) is 13.7. The monoisotopic (exact) mass is 341 g/mol. The molecule has 2 bridgehead atoms. The van der Waals surface area contributed by atoms with Crippen molar-refractivity contribution < 1.29 is 23.9 Å². The zero-order chi connectivity index (χ0) is 17.6. The minimum absolute atomic E-state index is 0.242. The Morgan fingerprint density at radius 2 is 1.60 bits per heavy atom. The smallest absolute Gasteiger partial charge is 0.326 e. The number of hydrogen-bond donors (Lipinski definition) is 0. The lowest BCUT2D eigenvalue weighted by Crippen LogP contribution is -2.38. The number of benzene rings is 1. The molecule has 3 aliphatic rings. The fourth-order valence-corrected chi connectivity index (χ4v) is 4.65. The maximum atomic E-state index is 12.5. The number of imide groups is 1. The van der Waals surface area contributed by atoms with Crippen molar-refractivity contribution in [2.24, 2.45) is 23.7 Å². The molecule has 1 heterocycles. The molecule has 2 saturated carbocycles. The van der Waals surface area contributed by atoms with E-state index < -0.39 is 19.1 Å². The Kier molecular flexibility index (Phi) is 3.90. The maximum absolute atomic E-state index is 12.5. The molecule has 1 aliphatic heterocycles. The number of hydrogen-bond acceptors (Lipinski definition) is 5. The third-order valence-electron chi connectivity index (χ3n) is 5.77. The van der Waals surface area contributed by atoms with E-state index in [-0.39, 0.29) is 41.3 Å². The van der Waals surface area contributed by atoms with Crippen LogP contribution in [0.25, 0.3) is 0 Å². The summed E-state index contributed by atoms with van der Waals surface area (Å²) in [5, 5.41) is 0. The molecule has 6 heteroatoms. The van der Waals surface area contributed by atoms with Crippen molar-refractivity contribution in [2.45, 2.75) is 19.3 Å². The van der Waals surface area contributed by atoms with E-state index in [4.69, 9.17) is 4.74 Å². The standard InChI is InChI=1S/C19H19NO5/c21-14(11-4-2-1-3-5-11)10-25-15(22)9-20-18(23)16-12-6-7-13(8-12)17(16)19(20)24/h1-5,12-13,16-17H,6-10H2/t12-,13-,16-,17-/m0/s1. The molecule has 0 radical (unpaired) electrons. The van der Waals surface area contributed by atoms with E-state index in [1.165, 1.54) is 0 Å². The third-order valence-corrected chi connectivity index (χ3v) is 5.77. The highest BCUT2D eigenvalue weighted by atomic mass is 16.5. The molecule has 4 rings (SSSR count). The number of likely N-dealkylation sites (tertiary alicyclic amines) is 1. The van der Waals surface area contributed by atoms with Crippen molar-refractivity contribution in [3.63, 3.8) is 0 Å². The number of Topliss-reactive ketones (excluding diaryl/α,β-unsaturated/α-hetero) is 1. The molecule has 6 nitrogen and oxygen atoms in total. The van der Waals surface area contributed by atoms with Crippen LogP contribution in [-0.2, 0) is 19.1 Å². The predicted molar refractivity (Wildman–Crippen MR) is 86.3 cm³/mol. The van der Waals surface area contributed by atoms with E-state index in [0.717, 1.165) is 24.2 Å². The van der Waals surface area contributed by atoms with Gasteiger partial charge in [0.15, 0.2) is 12.4 Å². The van der Waals surface area contributed by atoms with Crippen LogP contribution >= 0.6 is 0 Å². The molecule has 4 atom stereocenters. The minimum atomic E-state index is -0.724. The van der Waals surface area contributed by atoms with Crippen LogP contribution in [0, 0.1) is 23.7 Å². The largest absolute Gasteiger partial charge is 0.456 e. The molecule has 25 heavy (non-hydrogen) atoms. The first-order chi connectivity index (χ1) is 12.1. The zero-order valence-corrected chi connectivity index (χ0v) is 13.7. The van der Waals surface area contributed by atoms with Crippen LogP contribution in [0.2, 0.25) is 0 Å². The second-order valence-electron chi connectivity index (χ2n) is 7.10. The van der Waals surface area contributed by atoms with Crippen LogP contribution < -0.4 is 0 Å². The van der Waals surface area contributed by atoms with Gasteiger partial charge < -0.3 is 4.74 Å². The van der Waals surface area contributed by atoms with Crippen LogP contribution in [0.15, 0.2) is 30.3 Å². The van der Waals surface area contributed by atoms with Crippen molar-refractivity contribution in [1.82, 2.24) is 4.90 Å². The molecule has 1 aromatic carbocycles. The van der Waals surface area contributed by atoms with Crippen LogP contribution in [0.3, 0.4) is 0 Å². The first-order valence-corrected chi connectivity index (χ1v) is 8.65. The maximum Gasteiger partial charge on any atom is 0.326 e. The van der Waals surface area contributed by atoms with Gasteiger partial charge in [0.25, 0.3) is 0 Å². The van der Waals surface area contributed by atoms with Crippen molar-refractivity contribution >= 4 is 23.6 Å². The Morgan fingerprint density at radius 1 is 1.00 bits per heavy atom. The first-order valence-electron chi connectivity index (χ1n) is 8.65. The molecule has 2 aliphatic carbocycles. The normalized spacial score (nSPS) is 29.8. The quantitative estimate of drug-likeness (QED) is 0.460. The third kappa shape index (κ3) is 2.65. The second-order valence-corrected chi connectivity index (χ2v) is 7.10. The number of ketones is 1. The Balaban J connectivity index is 1.35. The number of fused-ring (bicyclic) bond motifs is 5. The van der Waals surface area contributed by atoms with Gasteiger partial charge in [0.1, 0.15) is 6.54 Å². The summed E-state index contributed by atoms with van der Waals surface area (Å²) in [7, 11) is 0. The van der Waals surface area contributed by atoms with Gasteiger partial charge in [-0.2, -0.15) is 0 Å². The lowest BCUT2D eigenvalue weighted by molar-refractivity contribution is -0.152. The van der Waals surface area contributed by atoms with E-state index >= 15 is 0 Å². The van der Waals surface area contributed by atoms with Crippen LogP contribution in [0.5, 0.6) is 0 Å². The minimum Gasteiger partial charge on any atom is -0.456 e. The van der Waals surface area contributed by atoms with Gasteiger partial charge in [-0.15, -0.1) is 0 Å². The summed E-state index contributed by atoms with van der Waals surface area (Å²) >= 11 is 0. The summed E-state index contributed by atoms with van der Waals surface area (Å²) in [6.07, 6.45) is 2.94. The molecule has 1 aromatic rings. The SMILES string of the molecule is O=C(CN1C(=O)[C@H]2[C@H]3CC[C@@H](C3)[C@@H]2C1=O)OCC(=O)c1ccccc1. The van der Waals surface area contributed by atoms with Crippen molar-refractivity contribution in [3.8, 4) is 0 Å². The number of ether oxygens (including phenoxy) is 1. The molecule has 2 amide bonds. The number of rotatable bonds is 5. The Hall–Kier alpha value is -2.50. The lowest BCUT2D eigenvalue weighted by Gasteiger charge is -2.19. The number of esters is 1. The summed E-state index contributed by atoms with van der Waals surface area (Å²) in [6.45, 7) is -0.788. The van der Waals surface area contributed by atoms with Gasteiger partial charge in [0, 0.05) is 5.56 Å². The van der Waals surface area contributed by atoms with Gasteiger partial charge >= 0.3 is 5.97 Å². The van der Waals surface area contributed by atoms with Gasteiger partial charge in [-0.1, -0.05) is 30.3 Å². The summed E-state index contributed by atoms with van der Waals surface area (Å²) in [4.78, 5) is 50.0. The molecular weight excluding hydrogens is 322 g/mol. The molecule has 1 saturated heterocycles. The highest BCUT2D eigenvalue weighted by molar-refractivity contribution is 6.08. The highest BCUT2D eigenvalue weighted by Gasteiger charge is 2.61. The van der Waals surface area contributed by atoms with Gasteiger partial charge in [0.05, 0.1) is 11.8 Å². The van der Waals surface area contributed by atoms with Gasteiger partial charge in [-0.25, -0.2) is 0 Å². The molecule has 3 fully saturated rings. The first kappa shape index (κ1) is 16.0. The molecule has 130 valence electrons. The molecule has 0 aromatic heterocycles. The van der Waals surface area contributed by atoms with Crippen LogP contribution in [-0.4, -0.2) is 41.6 Å². The Labute approximate surface area is 145 Å². The number of carbonyl (C=O) groups is 4. The Bertz CT molecular complexity index is 715. The highest BCUT2D eigenvalue weighted by Crippen LogP contribution is 2.56. The fraction of sp³-hybridized carbons (Fsp3) is 0.474. The average molecular weight is 341 g/mol. The molecular formula is C19H19NO5. The lowest BCUT2D eigenvalue weighted by atomic mass is 9.81. The topological polar surface area (TPSA) is 80.8 Å². The summed E-state index contributed by atoms with van der Waals surface area (Å²) in [5.41, 5.74) is 0.453. The predicted octanol–water partition coefficient (Wildman–Crippen LogP) is 1.44. The average Bonchev–Trinajstić information content (AvgIpc) is 3.30. The van der Waals surface area contributed by atoms with Crippen LogP contribution in [0.1, 0.15) is 29.6 Å². The van der Waals surface area contributed by atoms with Gasteiger partial charge in [-0.3, -0.25) is 24.1 Å². The summed E-state index contributed by atoms with van der Waals surface area (Å²) in [6, 6.07) is 8.52. The number of nitrogens with zero attached hydrogens (tertiary/aromatic N) is 1. The fourth-order valence-electron chi connectivity index (χ4n) is 4.65. The second kappa shape index (κ2) is 6.10. The van der Waals surface area contributed by atoms with Gasteiger partial charge in [-0.05, 0) is 31.1 Å². The van der Waals surface area contributed by atoms with Crippen LogP contribution in [0.4, 0.5) is 0 Å². The summed E-state index contributed by atoms with van der Waals surface area (Å²) in [5.74, 6) is -1.45. The molecule has 0 N–H and O–H groups in total. The van der Waals surface area contributed by atoms with Crippen molar-refractivity contribution in [3.05, 3.63) is 35.9 Å². The van der Waals surface area contributed by atoms with E-state index in [0.29, 0.717) is 5.56 Å². The Morgan fingerprint density at radius 3 is 2.20 bits per heavy atom. The van der Waals surface area contributed by atoms with Crippen molar-refractivity contribution in [2.75, 3.05) is 13.2 Å². The number of amides is 2. The van der Waals surface area contributed by atoms with E-state index in [9.17, 15) is 19.2 Å². The number of carbonyl (C=O) groups excluding carboxylic acids is 4.